The second kappa shape index (κ2) is 12.0. The van der Waals surface area contributed by atoms with Gasteiger partial charge in [-0.25, -0.2) is 36.7 Å². The van der Waals surface area contributed by atoms with Crippen molar-refractivity contribution in [2.24, 2.45) is 10.3 Å². The zero-order valence-electron chi connectivity index (χ0n) is 15.1. The van der Waals surface area contributed by atoms with Gasteiger partial charge in [0.15, 0.2) is 12.2 Å². The van der Waals surface area contributed by atoms with Crippen LogP contribution in [-0.2, 0) is 29.6 Å². The van der Waals surface area contributed by atoms with E-state index in [-0.39, 0.29) is 9.79 Å². The number of aliphatic hydroxyl groups is 2. The number of carbonyl (C=O) groups is 2. The van der Waals surface area contributed by atoms with Gasteiger partial charge < -0.3 is 20.4 Å². The number of hydrogen-bond donors (Lipinski definition) is 6. The second-order valence-corrected chi connectivity index (χ2v) is 8.41. The van der Waals surface area contributed by atoms with Gasteiger partial charge >= 0.3 is 11.9 Å². The second-order valence-electron chi connectivity index (χ2n) is 5.28. The smallest absolute Gasteiger partial charge is 0.335 e. The van der Waals surface area contributed by atoms with Crippen LogP contribution in [-0.4, -0.2) is 61.4 Å². The third-order valence-corrected chi connectivity index (χ3v) is 4.81. The highest BCUT2D eigenvalue weighted by Crippen LogP contribution is 2.03. The van der Waals surface area contributed by atoms with Gasteiger partial charge in [0.1, 0.15) is 0 Å². The molecule has 0 aromatic heterocycles. The Morgan fingerprint density at radius 3 is 1.00 bits per heavy atom. The average molecular weight is 464 g/mol. The number of carboxylic acid groups (broad SMARTS) is 2. The maximum absolute atomic E-state index is 10.6. The summed E-state index contributed by atoms with van der Waals surface area (Å²) in [6, 6.07) is 15.8. The first kappa shape index (κ1) is 27.1. The van der Waals surface area contributed by atoms with Crippen molar-refractivity contribution < 1.29 is 46.9 Å². The molecule has 2 atom stereocenters. The molecule has 0 bridgehead atoms. The van der Waals surface area contributed by atoms with Crippen molar-refractivity contribution >= 4 is 32.0 Å². The van der Waals surface area contributed by atoms with Gasteiger partial charge in [0, 0.05) is 0 Å². The van der Waals surface area contributed by atoms with E-state index in [1.165, 1.54) is 24.3 Å². The summed E-state index contributed by atoms with van der Waals surface area (Å²) >= 11 is 0. The number of benzene rings is 2. The fourth-order valence-corrected chi connectivity index (χ4v) is 2.56. The summed E-state index contributed by atoms with van der Waals surface area (Å²) < 4.78 is 42.4. The Morgan fingerprint density at radius 2 is 0.867 bits per heavy atom. The summed E-state index contributed by atoms with van der Waals surface area (Å²) in [6.45, 7) is 0. The summed E-state index contributed by atoms with van der Waals surface area (Å²) in [5.41, 5.74) is 0. The van der Waals surface area contributed by atoms with Crippen LogP contribution in [0.1, 0.15) is 0 Å². The van der Waals surface area contributed by atoms with Crippen LogP contribution in [0.3, 0.4) is 0 Å². The number of hydrogen-bond acceptors (Lipinski definition) is 8. The molecule has 14 heteroatoms. The van der Waals surface area contributed by atoms with Crippen LogP contribution in [0.25, 0.3) is 0 Å². The lowest BCUT2D eigenvalue weighted by molar-refractivity contribution is -0.165. The molecule has 8 N–H and O–H groups in total. The zero-order chi connectivity index (χ0) is 23.5. The lowest BCUT2D eigenvalue weighted by Gasteiger charge is -2.07. The van der Waals surface area contributed by atoms with E-state index in [0.717, 1.165) is 0 Å². The maximum Gasteiger partial charge on any atom is 0.335 e. The SMILES string of the molecule is NS(=O)(=O)c1ccccc1.NS(=O)(=O)c1ccccc1.O=C(O)C(O)C(O)C(=O)O. The van der Waals surface area contributed by atoms with Crippen LogP contribution in [0, 0.1) is 0 Å². The Bertz CT molecular complexity index is 941. The summed E-state index contributed by atoms with van der Waals surface area (Å²) in [5.74, 6) is -3.54. The molecule has 0 fully saturated rings. The minimum Gasteiger partial charge on any atom is -0.479 e. The van der Waals surface area contributed by atoms with Gasteiger partial charge in [0.05, 0.1) is 9.79 Å². The van der Waals surface area contributed by atoms with Crippen molar-refractivity contribution in [1.82, 2.24) is 0 Å². The summed E-state index contributed by atoms with van der Waals surface area (Å²) in [5, 5.41) is 42.2. The minimum atomic E-state index is -3.50. The van der Waals surface area contributed by atoms with Crippen molar-refractivity contribution in [2.45, 2.75) is 22.0 Å². The van der Waals surface area contributed by atoms with Gasteiger partial charge in [0.2, 0.25) is 20.0 Å². The molecule has 2 unspecified atom stereocenters. The van der Waals surface area contributed by atoms with E-state index in [1.54, 1.807) is 36.4 Å². The Labute approximate surface area is 172 Å². The van der Waals surface area contributed by atoms with Crippen molar-refractivity contribution in [1.29, 1.82) is 0 Å². The fraction of sp³-hybridized carbons (Fsp3) is 0.125. The molecule has 0 aliphatic heterocycles. The van der Waals surface area contributed by atoms with E-state index in [2.05, 4.69) is 0 Å². The largest absolute Gasteiger partial charge is 0.479 e. The maximum atomic E-state index is 10.6. The Morgan fingerprint density at radius 1 is 0.633 bits per heavy atom. The topological polar surface area (TPSA) is 235 Å². The highest BCUT2D eigenvalue weighted by Gasteiger charge is 2.29. The Kier molecular flexibility index (Phi) is 10.8. The Balaban J connectivity index is 0.000000420. The number of primary sulfonamides is 2. The van der Waals surface area contributed by atoms with Crippen LogP contribution < -0.4 is 10.3 Å². The summed E-state index contributed by atoms with van der Waals surface area (Å²) in [4.78, 5) is 19.8. The molecule has 166 valence electrons. The zero-order valence-corrected chi connectivity index (χ0v) is 16.8. The van der Waals surface area contributed by atoms with Gasteiger partial charge in [-0.1, -0.05) is 36.4 Å². The van der Waals surface area contributed by atoms with Crippen LogP contribution in [0.2, 0.25) is 0 Å². The quantitative estimate of drug-likeness (QED) is 0.301. The third-order valence-electron chi connectivity index (χ3n) is 2.95. The standard InChI is InChI=1S/2C6H7NO2S.C4H6O6/c2*7-10(8,9)6-4-2-1-3-5-6;5-1(3(7)8)2(6)4(9)10/h2*1-5H,(H2,7,8,9);1-2,5-6H,(H,7,8)(H,9,10). The van der Waals surface area contributed by atoms with E-state index in [1.807, 2.05) is 0 Å². The van der Waals surface area contributed by atoms with Gasteiger partial charge in [-0.2, -0.15) is 0 Å². The summed E-state index contributed by atoms with van der Waals surface area (Å²) in [6.07, 6.45) is -4.53. The first-order valence-corrected chi connectivity index (χ1v) is 10.7. The van der Waals surface area contributed by atoms with Gasteiger partial charge in [-0.3, -0.25) is 0 Å². The normalized spacial score (nSPS) is 12.8. The number of nitrogens with two attached hydrogens (primary N) is 2. The van der Waals surface area contributed by atoms with Crippen LogP contribution >= 0.6 is 0 Å². The van der Waals surface area contributed by atoms with E-state index < -0.39 is 44.2 Å². The number of sulfonamides is 2. The predicted molar refractivity (Wildman–Crippen MR) is 103 cm³/mol. The van der Waals surface area contributed by atoms with Crippen molar-refractivity contribution in [3.05, 3.63) is 60.7 Å². The first-order valence-electron chi connectivity index (χ1n) is 7.65. The highest BCUT2D eigenvalue weighted by atomic mass is 32.2. The van der Waals surface area contributed by atoms with Crippen LogP contribution in [0.4, 0.5) is 0 Å². The molecule has 12 nitrogen and oxygen atoms in total. The lowest BCUT2D eigenvalue weighted by atomic mass is 10.2. The number of rotatable bonds is 5. The average Bonchev–Trinajstić information content (AvgIpc) is 2.67. The summed E-state index contributed by atoms with van der Waals surface area (Å²) in [7, 11) is -7.01. The molecule has 2 rings (SSSR count). The number of aliphatic carboxylic acids is 2. The molecular weight excluding hydrogens is 444 g/mol. The monoisotopic (exact) mass is 464 g/mol. The fourth-order valence-electron chi connectivity index (χ4n) is 1.49. The van der Waals surface area contributed by atoms with E-state index in [0.29, 0.717) is 0 Å². The highest BCUT2D eigenvalue weighted by molar-refractivity contribution is 7.89. The Hall–Kier alpha value is -2.88. The van der Waals surface area contributed by atoms with Crippen LogP contribution in [0.5, 0.6) is 0 Å². The molecule has 0 amide bonds. The number of carboxylic acids is 2. The predicted octanol–water partition coefficient (Wildman–Crippen LogP) is -1.45. The molecule has 0 aliphatic carbocycles. The first-order chi connectivity index (χ1) is 13.7. The molecular formula is C16H20N2O10S2. The molecule has 0 heterocycles. The van der Waals surface area contributed by atoms with E-state index in [4.69, 9.17) is 30.7 Å². The molecule has 0 spiro atoms. The molecule has 30 heavy (non-hydrogen) atoms. The molecule has 0 saturated carbocycles. The van der Waals surface area contributed by atoms with Crippen molar-refractivity contribution in [3.8, 4) is 0 Å². The molecule has 0 aliphatic rings. The van der Waals surface area contributed by atoms with E-state index >= 15 is 0 Å². The number of aliphatic hydroxyl groups excluding tert-OH is 2. The lowest BCUT2D eigenvalue weighted by Crippen LogP contribution is -2.39. The van der Waals surface area contributed by atoms with E-state index in [9.17, 15) is 26.4 Å². The molecule has 0 saturated heterocycles. The van der Waals surface area contributed by atoms with Gasteiger partial charge in [0.25, 0.3) is 0 Å². The molecule has 0 radical (unpaired) electrons. The van der Waals surface area contributed by atoms with Gasteiger partial charge in [-0.05, 0) is 24.3 Å². The minimum absolute atomic E-state index is 0.148. The third kappa shape index (κ3) is 10.6. The van der Waals surface area contributed by atoms with Crippen molar-refractivity contribution in [3.63, 3.8) is 0 Å². The van der Waals surface area contributed by atoms with Gasteiger partial charge in [-0.15, -0.1) is 0 Å². The molecule has 2 aromatic carbocycles. The molecule has 2 aromatic rings. The van der Waals surface area contributed by atoms with Crippen molar-refractivity contribution in [2.75, 3.05) is 0 Å². The van der Waals surface area contributed by atoms with Crippen LogP contribution in [0.15, 0.2) is 70.5 Å².